The predicted octanol–water partition coefficient (Wildman–Crippen LogP) is 3.76. The molecule has 0 spiro atoms. The molecule has 1 saturated heterocycles. The first-order chi connectivity index (χ1) is 14.1. The average Bonchev–Trinajstić information content (AvgIpc) is 3.32. The number of nitrogens with one attached hydrogen (secondary N) is 2. The van der Waals surface area contributed by atoms with Gasteiger partial charge in [0.15, 0.2) is 0 Å². The van der Waals surface area contributed by atoms with Crippen LogP contribution in [0, 0.1) is 11.8 Å². The molecule has 8 heteroatoms. The molecule has 3 heterocycles. The van der Waals surface area contributed by atoms with E-state index < -0.39 is 0 Å². The van der Waals surface area contributed by atoms with E-state index in [0.29, 0.717) is 17.3 Å². The number of hydrogen-bond acceptors (Lipinski definition) is 6. The van der Waals surface area contributed by atoms with Crippen molar-refractivity contribution in [3.05, 3.63) is 33.1 Å². The zero-order valence-electron chi connectivity index (χ0n) is 16.8. The normalized spacial score (nSPS) is 18.0. The number of thiazole rings is 1. The molecule has 1 aliphatic heterocycles. The number of amides is 2. The number of carbonyl (C=O) groups excluding carboxylic acids is 2. The minimum absolute atomic E-state index is 0.0427. The average molecular weight is 433 g/mol. The molecule has 1 aliphatic carbocycles. The maximum absolute atomic E-state index is 12.4. The topological polar surface area (TPSA) is 74.3 Å². The lowest BCUT2D eigenvalue weighted by Gasteiger charge is -2.31. The van der Waals surface area contributed by atoms with E-state index in [2.05, 4.69) is 32.8 Å². The highest BCUT2D eigenvalue weighted by Crippen LogP contribution is 2.31. The summed E-state index contributed by atoms with van der Waals surface area (Å²) in [4.78, 5) is 32.0. The van der Waals surface area contributed by atoms with Crippen molar-refractivity contribution in [2.45, 2.75) is 45.6 Å². The zero-order valence-corrected chi connectivity index (χ0v) is 18.4. The van der Waals surface area contributed by atoms with Crippen LogP contribution < -0.4 is 10.6 Å². The van der Waals surface area contributed by atoms with Crippen molar-refractivity contribution < 1.29 is 9.59 Å². The summed E-state index contributed by atoms with van der Waals surface area (Å²) in [6.07, 6.45) is 5.15. The molecular formula is C21H28N4O2S2. The Hall–Kier alpha value is -1.77. The Morgan fingerprint density at radius 2 is 2.00 bits per heavy atom. The molecule has 0 aromatic carbocycles. The second kappa shape index (κ2) is 9.36. The Morgan fingerprint density at radius 3 is 2.69 bits per heavy atom. The number of aromatic nitrogens is 1. The maximum atomic E-state index is 12.4. The second-order valence-electron chi connectivity index (χ2n) is 7.94. The van der Waals surface area contributed by atoms with Gasteiger partial charge < -0.3 is 10.6 Å². The minimum atomic E-state index is -0.0427. The van der Waals surface area contributed by atoms with E-state index in [9.17, 15) is 9.59 Å². The first-order valence-corrected chi connectivity index (χ1v) is 12.1. The second-order valence-corrected chi connectivity index (χ2v) is 9.97. The van der Waals surface area contributed by atoms with Crippen molar-refractivity contribution in [2.24, 2.45) is 11.8 Å². The Morgan fingerprint density at radius 1 is 1.21 bits per heavy atom. The smallest absolute Gasteiger partial charge is 0.261 e. The Labute approximate surface area is 179 Å². The van der Waals surface area contributed by atoms with Crippen LogP contribution >= 0.6 is 22.7 Å². The lowest BCUT2D eigenvalue weighted by molar-refractivity contribution is -0.117. The van der Waals surface area contributed by atoms with E-state index in [0.717, 1.165) is 56.7 Å². The Bertz CT molecular complexity index is 850. The van der Waals surface area contributed by atoms with Crippen LogP contribution in [0.4, 0.5) is 5.00 Å². The molecule has 1 saturated carbocycles. The van der Waals surface area contributed by atoms with Crippen molar-refractivity contribution in [3.8, 4) is 0 Å². The third kappa shape index (κ3) is 5.65. The van der Waals surface area contributed by atoms with Gasteiger partial charge in [0.2, 0.25) is 5.91 Å². The lowest BCUT2D eigenvalue weighted by Crippen LogP contribution is -2.38. The molecular weight excluding hydrogens is 404 g/mol. The van der Waals surface area contributed by atoms with Crippen LogP contribution in [0.15, 0.2) is 17.5 Å². The highest BCUT2D eigenvalue weighted by Gasteiger charge is 2.30. The van der Waals surface area contributed by atoms with E-state index in [1.165, 1.54) is 22.0 Å². The summed E-state index contributed by atoms with van der Waals surface area (Å²) in [5.41, 5.74) is 1.18. The molecule has 156 valence electrons. The van der Waals surface area contributed by atoms with Crippen LogP contribution in [0.5, 0.6) is 0 Å². The number of nitrogens with zero attached hydrogens (tertiary/aromatic N) is 2. The molecule has 0 atom stereocenters. The first kappa shape index (κ1) is 20.5. The van der Waals surface area contributed by atoms with E-state index >= 15 is 0 Å². The van der Waals surface area contributed by atoms with Crippen molar-refractivity contribution >= 4 is 39.5 Å². The molecule has 0 bridgehead atoms. The minimum Gasteiger partial charge on any atom is -0.351 e. The molecule has 0 unspecified atom stereocenters. The van der Waals surface area contributed by atoms with E-state index in [4.69, 9.17) is 0 Å². The lowest BCUT2D eigenvalue weighted by atomic mass is 9.96. The van der Waals surface area contributed by atoms with Gasteiger partial charge in [0, 0.05) is 24.4 Å². The third-order valence-corrected chi connectivity index (χ3v) is 7.61. The van der Waals surface area contributed by atoms with E-state index in [1.54, 1.807) is 17.4 Å². The molecule has 2 N–H and O–H groups in total. The number of hydrogen-bond donors (Lipinski definition) is 2. The zero-order chi connectivity index (χ0) is 20.2. The summed E-state index contributed by atoms with van der Waals surface area (Å²) in [5, 5.41) is 10.1. The number of anilines is 1. The standard InChI is InChI=1S/C21H28N4O2S2/c1-2-18-23-16(13-28-18)12-25-9-7-14(8-10-25)11-22-21(27)17-5-6-19(29-17)24-20(26)15-3-4-15/h5-6,13-15H,2-4,7-12H2,1H3,(H,22,27)(H,24,26). The number of aryl methyl sites for hydroxylation is 1. The third-order valence-electron chi connectivity index (χ3n) is 5.57. The predicted molar refractivity (Wildman–Crippen MR) is 117 cm³/mol. The summed E-state index contributed by atoms with van der Waals surface area (Å²) < 4.78 is 0. The molecule has 2 fully saturated rings. The van der Waals surface area contributed by atoms with Gasteiger partial charge in [0.05, 0.1) is 20.6 Å². The fourth-order valence-corrected chi connectivity index (χ4v) is 5.14. The van der Waals surface area contributed by atoms with Gasteiger partial charge in [-0.15, -0.1) is 22.7 Å². The molecule has 29 heavy (non-hydrogen) atoms. The van der Waals surface area contributed by atoms with Crippen LogP contribution in [0.25, 0.3) is 0 Å². The van der Waals surface area contributed by atoms with Crippen molar-refractivity contribution in [2.75, 3.05) is 25.0 Å². The largest absolute Gasteiger partial charge is 0.351 e. The fourth-order valence-electron chi connectivity index (χ4n) is 3.58. The van der Waals surface area contributed by atoms with Gasteiger partial charge in [0.1, 0.15) is 0 Å². The van der Waals surface area contributed by atoms with Crippen molar-refractivity contribution in [1.82, 2.24) is 15.2 Å². The molecule has 2 aromatic rings. The number of likely N-dealkylation sites (tertiary alicyclic amines) is 1. The Kier molecular flexibility index (Phi) is 6.62. The van der Waals surface area contributed by atoms with Crippen LogP contribution in [-0.4, -0.2) is 41.3 Å². The number of rotatable bonds is 8. The van der Waals surface area contributed by atoms with Crippen LogP contribution in [0.1, 0.15) is 53.0 Å². The van der Waals surface area contributed by atoms with Crippen molar-refractivity contribution in [1.29, 1.82) is 0 Å². The van der Waals surface area contributed by atoms with Crippen LogP contribution in [0.2, 0.25) is 0 Å². The van der Waals surface area contributed by atoms with Gasteiger partial charge in [-0.1, -0.05) is 6.92 Å². The van der Waals surface area contributed by atoms with Gasteiger partial charge in [-0.25, -0.2) is 4.98 Å². The summed E-state index contributed by atoms with van der Waals surface area (Å²) in [7, 11) is 0. The summed E-state index contributed by atoms with van der Waals surface area (Å²) in [5.74, 6) is 0.725. The van der Waals surface area contributed by atoms with Gasteiger partial charge in [0.25, 0.3) is 5.91 Å². The van der Waals surface area contributed by atoms with Crippen molar-refractivity contribution in [3.63, 3.8) is 0 Å². The molecule has 2 amide bonds. The van der Waals surface area contributed by atoms with Gasteiger partial charge in [-0.2, -0.15) is 0 Å². The highest BCUT2D eigenvalue weighted by atomic mass is 32.1. The quantitative estimate of drug-likeness (QED) is 0.666. The SMILES string of the molecule is CCc1nc(CN2CCC(CNC(=O)c3ccc(NC(=O)C4CC4)s3)CC2)cs1. The van der Waals surface area contributed by atoms with Gasteiger partial charge >= 0.3 is 0 Å². The van der Waals surface area contributed by atoms with Crippen LogP contribution in [-0.2, 0) is 17.8 Å². The summed E-state index contributed by atoms with van der Waals surface area (Å²) in [6.45, 7) is 5.89. The summed E-state index contributed by atoms with van der Waals surface area (Å²) in [6, 6.07) is 3.62. The summed E-state index contributed by atoms with van der Waals surface area (Å²) >= 11 is 3.10. The van der Waals surface area contributed by atoms with E-state index in [-0.39, 0.29) is 17.7 Å². The van der Waals surface area contributed by atoms with Crippen LogP contribution in [0.3, 0.4) is 0 Å². The number of carbonyl (C=O) groups is 2. The maximum Gasteiger partial charge on any atom is 0.261 e. The molecule has 0 radical (unpaired) electrons. The number of thiophene rings is 1. The fraction of sp³-hybridized carbons (Fsp3) is 0.571. The van der Waals surface area contributed by atoms with Gasteiger partial charge in [-0.3, -0.25) is 14.5 Å². The molecule has 4 rings (SSSR count). The monoisotopic (exact) mass is 432 g/mol. The highest BCUT2D eigenvalue weighted by molar-refractivity contribution is 7.18. The first-order valence-electron chi connectivity index (χ1n) is 10.4. The molecule has 2 aromatic heterocycles. The number of piperidine rings is 1. The van der Waals surface area contributed by atoms with E-state index in [1.807, 2.05) is 6.07 Å². The Balaban J connectivity index is 1.17. The van der Waals surface area contributed by atoms with Gasteiger partial charge in [-0.05, 0) is 63.2 Å². The molecule has 2 aliphatic rings. The molecule has 6 nitrogen and oxygen atoms in total.